The Bertz CT molecular complexity index is 788. The molecule has 3 N–H and O–H groups in total. The summed E-state index contributed by atoms with van der Waals surface area (Å²) in [6, 6.07) is 5.43. The molecule has 2 rings (SSSR count). The van der Waals surface area contributed by atoms with E-state index in [9.17, 15) is 22.0 Å². The van der Waals surface area contributed by atoms with Gasteiger partial charge in [0.2, 0.25) is 10.0 Å². The zero-order chi connectivity index (χ0) is 15.6. The highest BCUT2D eigenvalue weighted by Gasteiger charge is 2.14. The van der Waals surface area contributed by atoms with Gasteiger partial charge in [-0.15, -0.1) is 11.3 Å². The summed E-state index contributed by atoms with van der Waals surface area (Å²) in [5, 5.41) is 7.38. The molecule has 0 atom stereocenters. The van der Waals surface area contributed by atoms with Crippen LogP contribution in [0.2, 0.25) is 0 Å². The van der Waals surface area contributed by atoms with E-state index in [1.54, 1.807) is 0 Å². The van der Waals surface area contributed by atoms with Crippen LogP contribution in [-0.4, -0.2) is 14.3 Å². The van der Waals surface area contributed by atoms with E-state index in [4.69, 9.17) is 5.14 Å². The Hall–Kier alpha value is -1.84. The molecule has 1 heterocycles. The Morgan fingerprint density at radius 2 is 1.95 bits per heavy atom. The molecule has 21 heavy (non-hydrogen) atoms. The van der Waals surface area contributed by atoms with Crippen LogP contribution in [0.5, 0.6) is 0 Å². The Balaban J connectivity index is 2.06. The van der Waals surface area contributed by atoms with Crippen molar-refractivity contribution in [3.63, 3.8) is 0 Å². The van der Waals surface area contributed by atoms with Crippen molar-refractivity contribution in [2.24, 2.45) is 5.14 Å². The van der Waals surface area contributed by atoms with Gasteiger partial charge in [-0.25, -0.2) is 22.3 Å². The van der Waals surface area contributed by atoms with Crippen molar-refractivity contribution in [3.8, 4) is 0 Å². The fourth-order valence-electron chi connectivity index (χ4n) is 1.54. The first kappa shape index (κ1) is 15.5. The number of sulfonamides is 1. The first-order chi connectivity index (χ1) is 9.77. The molecule has 0 spiro atoms. The quantitative estimate of drug-likeness (QED) is 0.891. The molecule has 112 valence electrons. The molecular weight excluding hydrogens is 322 g/mol. The first-order valence-electron chi connectivity index (χ1n) is 5.62. The molecule has 5 nitrogen and oxygen atoms in total. The summed E-state index contributed by atoms with van der Waals surface area (Å²) in [6.07, 6.45) is 0. The second kappa shape index (κ2) is 5.88. The van der Waals surface area contributed by atoms with Gasteiger partial charge in [0, 0.05) is 10.9 Å². The third-order valence-corrected chi connectivity index (χ3v) is 5.04. The highest BCUT2D eigenvalue weighted by atomic mass is 32.2. The number of benzene rings is 1. The number of hydrogen-bond acceptors (Lipinski definition) is 4. The van der Waals surface area contributed by atoms with Gasteiger partial charge in [-0.3, -0.25) is 4.79 Å². The summed E-state index contributed by atoms with van der Waals surface area (Å²) >= 11 is 0.902. The number of amides is 1. The maximum absolute atomic E-state index is 13.4. The Morgan fingerprint density at radius 3 is 2.52 bits per heavy atom. The number of nitrogens with two attached hydrogens (primary N) is 1. The second-order valence-corrected chi connectivity index (χ2v) is 7.03. The van der Waals surface area contributed by atoms with Crippen molar-refractivity contribution < 1.29 is 22.0 Å². The summed E-state index contributed by atoms with van der Waals surface area (Å²) < 4.78 is 48.3. The fourth-order valence-corrected chi connectivity index (χ4v) is 3.26. The molecule has 0 aliphatic carbocycles. The van der Waals surface area contributed by atoms with Crippen LogP contribution in [-0.2, 0) is 16.6 Å². The van der Waals surface area contributed by atoms with Crippen LogP contribution in [0.25, 0.3) is 0 Å². The number of hydrogen-bond donors (Lipinski definition) is 2. The molecule has 0 unspecified atom stereocenters. The third-order valence-electron chi connectivity index (χ3n) is 2.52. The fraction of sp³-hybridized carbons (Fsp3) is 0.0833. The molecule has 1 amide bonds. The van der Waals surface area contributed by atoms with Crippen LogP contribution >= 0.6 is 11.3 Å². The van der Waals surface area contributed by atoms with Gasteiger partial charge in [0.05, 0.1) is 12.1 Å². The monoisotopic (exact) mass is 332 g/mol. The highest BCUT2D eigenvalue weighted by molar-refractivity contribution is 7.91. The molecule has 0 saturated heterocycles. The second-order valence-electron chi connectivity index (χ2n) is 4.07. The number of thiophene rings is 1. The summed E-state index contributed by atoms with van der Waals surface area (Å²) in [5.41, 5.74) is -0.292. The van der Waals surface area contributed by atoms with Gasteiger partial charge >= 0.3 is 0 Å². The summed E-state index contributed by atoms with van der Waals surface area (Å²) in [6.45, 7) is 0.00976. The van der Waals surface area contributed by atoms with E-state index in [-0.39, 0.29) is 16.3 Å². The summed E-state index contributed by atoms with van der Waals surface area (Å²) in [7, 11) is -3.78. The molecule has 0 saturated carbocycles. The molecule has 1 aromatic heterocycles. The van der Waals surface area contributed by atoms with E-state index in [2.05, 4.69) is 5.32 Å². The molecule has 0 bridgehead atoms. The van der Waals surface area contributed by atoms with E-state index in [1.807, 2.05) is 0 Å². The van der Waals surface area contributed by atoms with Crippen molar-refractivity contribution in [1.82, 2.24) is 5.32 Å². The lowest BCUT2D eigenvalue weighted by Crippen LogP contribution is -2.23. The molecule has 0 fully saturated rings. The predicted octanol–water partition coefficient (Wildman–Crippen LogP) is 1.60. The van der Waals surface area contributed by atoms with E-state index >= 15 is 0 Å². The van der Waals surface area contributed by atoms with Gasteiger partial charge in [0.1, 0.15) is 15.8 Å². The molecule has 2 aromatic rings. The number of primary sulfonamides is 1. The van der Waals surface area contributed by atoms with Crippen molar-refractivity contribution >= 4 is 27.3 Å². The summed E-state index contributed by atoms with van der Waals surface area (Å²) in [5.74, 6) is -2.47. The SMILES string of the molecule is NS(=O)(=O)c1ccc(CNC(=O)c2ccc(F)cc2F)s1. The highest BCUT2D eigenvalue weighted by Crippen LogP contribution is 2.20. The Labute approximate surface area is 123 Å². The average molecular weight is 332 g/mol. The molecule has 0 aliphatic rings. The summed E-state index contributed by atoms with van der Waals surface area (Å²) in [4.78, 5) is 12.3. The smallest absolute Gasteiger partial charge is 0.254 e. The largest absolute Gasteiger partial charge is 0.347 e. The van der Waals surface area contributed by atoms with E-state index in [1.165, 1.54) is 12.1 Å². The van der Waals surface area contributed by atoms with Gasteiger partial charge in [-0.1, -0.05) is 0 Å². The Kier molecular flexibility index (Phi) is 4.35. The van der Waals surface area contributed by atoms with Crippen molar-refractivity contribution in [2.45, 2.75) is 10.8 Å². The molecule has 1 aromatic carbocycles. The molecule has 9 heteroatoms. The zero-order valence-corrected chi connectivity index (χ0v) is 12.1. The minimum atomic E-state index is -3.78. The number of halogens is 2. The molecule has 0 radical (unpaired) electrons. The molecule has 0 aliphatic heterocycles. The third kappa shape index (κ3) is 3.84. The number of nitrogens with one attached hydrogen (secondary N) is 1. The van der Waals surface area contributed by atoms with Crippen molar-refractivity contribution in [1.29, 1.82) is 0 Å². The molecular formula is C12H10F2N2O3S2. The van der Waals surface area contributed by atoms with Gasteiger partial charge < -0.3 is 5.32 Å². The van der Waals surface area contributed by atoms with E-state index in [0.29, 0.717) is 10.9 Å². The number of carbonyl (C=O) groups excluding carboxylic acids is 1. The van der Waals surface area contributed by atoms with Crippen molar-refractivity contribution in [2.75, 3.05) is 0 Å². The zero-order valence-electron chi connectivity index (χ0n) is 10.5. The lowest BCUT2D eigenvalue weighted by molar-refractivity contribution is 0.0947. The van der Waals surface area contributed by atoms with E-state index in [0.717, 1.165) is 23.5 Å². The lowest BCUT2D eigenvalue weighted by Gasteiger charge is -2.04. The van der Waals surface area contributed by atoms with Gasteiger partial charge in [0.15, 0.2) is 0 Å². The maximum Gasteiger partial charge on any atom is 0.254 e. The first-order valence-corrected chi connectivity index (χ1v) is 7.98. The van der Waals surface area contributed by atoms with E-state index < -0.39 is 27.6 Å². The minimum absolute atomic E-state index is 0.00976. The lowest BCUT2D eigenvalue weighted by atomic mass is 10.2. The van der Waals surface area contributed by atoms with Crippen molar-refractivity contribution in [3.05, 3.63) is 52.4 Å². The Morgan fingerprint density at radius 1 is 1.24 bits per heavy atom. The maximum atomic E-state index is 13.4. The van der Waals surface area contributed by atoms with Crippen LogP contribution in [0.15, 0.2) is 34.5 Å². The average Bonchev–Trinajstić information content (AvgIpc) is 2.84. The van der Waals surface area contributed by atoms with Crippen LogP contribution in [0.3, 0.4) is 0 Å². The van der Waals surface area contributed by atoms with Crippen LogP contribution in [0.4, 0.5) is 8.78 Å². The van der Waals surface area contributed by atoms with Gasteiger partial charge in [0.25, 0.3) is 5.91 Å². The van der Waals surface area contributed by atoms with Crippen LogP contribution < -0.4 is 10.5 Å². The predicted molar refractivity (Wildman–Crippen MR) is 73.2 cm³/mol. The van der Waals surface area contributed by atoms with Crippen LogP contribution in [0, 0.1) is 11.6 Å². The number of rotatable bonds is 4. The number of carbonyl (C=O) groups is 1. The van der Waals surface area contributed by atoms with Crippen LogP contribution in [0.1, 0.15) is 15.2 Å². The minimum Gasteiger partial charge on any atom is -0.347 e. The van der Waals surface area contributed by atoms with Gasteiger partial charge in [-0.05, 0) is 24.3 Å². The normalized spacial score (nSPS) is 11.4. The topological polar surface area (TPSA) is 89.3 Å². The standard InChI is InChI=1S/C12H10F2N2O3S2/c13-7-1-3-9(10(14)5-7)12(17)16-6-8-2-4-11(20-8)21(15,18)19/h1-5H,6H2,(H,16,17)(H2,15,18,19). The van der Waals surface area contributed by atoms with Gasteiger partial charge in [-0.2, -0.15) is 0 Å².